The minimum absolute atomic E-state index is 0.000887. The van der Waals surface area contributed by atoms with Gasteiger partial charge in [0.1, 0.15) is 11.6 Å². The van der Waals surface area contributed by atoms with Crippen molar-refractivity contribution in [3.8, 4) is 5.75 Å². The third-order valence-electron chi connectivity index (χ3n) is 4.53. The average Bonchev–Trinajstić information content (AvgIpc) is 2.78. The van der Waals surface area contributed by atoms with Crippen LogP contribution in [0.1, 0.15) is 36.4 Å². The molecule has 1 unspecified atom stereocenters. The van der Waals surface area contributed by atoms with Crippen LogP contribution in [0.3, 0.4) is 0 Å². The second-order valence-electron chi connectivity index (χ2n) is 7.18. The van der Waals surface area contributed by atoms with Crippen LogP contribution < -0.4 is 21.1 Å². The molecule has 1 heterocycles. The number of aliphatic carboxylic acids is 1. The number of carboxylic acids is 1. The number of nitrogens with one attached hydrogen (secondary N) is 3. The summed E-state index contributed by atoms with van der Waals surface area (Å²) in [6.45, 7) is 0. The highest BCUT2D eigenvalue weighted by atomic mass is 19.4. The van der Waals surface area contributed by atoms with E-state index in [0.717, 1.165) is 5.56 Å². The van der Waals surface area contributed by atoms with Crippen molar-refractivity contribution in [1.29, 1.82) is 5.41 Å². The normalized spacial score (nSPS) is 14.4. The first-order valence-corrected chi connectivity index (χ1v) is 10.00. The Kier molecular flexibility index (Phi) is 8.91. The first-order chi connectivity index (χ1) is 16.4. The van der Waals surface area contributed by atoms with Gasteiger partial charge in [0, 0.05) is 29.7 Å². The second kappa shape index (κ2) is 11.6. The van der Waals surface area contributed by atoms with Crippen LogP contribution in [0.5, 0.6) is 5.75 Å². The second-order valence-corrected chi connectivity index (χ2v) is 7.18. The summed E-state index contributed by atoms with van der Waals surface area (Å²) in [4.78, 5) is 44.9. The maximum absolute atomic E-state index is 12.2. The SMILES string of the molecule is N=C(N)c1ccc(NC(=O)CCC(=O)NC2CC(=O)Oc3ccccc32)cc1.O=C(O)C(F)(F)F. The van der Waals surface area contributed by atoms with Crippen LogP contribution in [0.4, 0.5) is 18.9 Å². The summed E-state index contributed by atoms with van der Waals surface area (Å²) in [5.41, 5.74) is 7.24. The summed E-state index contributed by atoms with van der Waals surface area (Å²) >= 11 is 0. The highest BCUT2D eigenvalue weighted by molar-refractivity contribution is 5.96. The molecule has 0 bridgehead atoms. The van der Waals surface area contributed by atoms with E-state index in [1.807, 2.05) is 6.07 Å². The third-order valence-corrected chi connectivity index (χ3v) is 4.53. The molecule has 3 rings (SSSR count). The van der Waals surface area contributed by atoms with Crippen molar-refractivity contribution in [1.82, 2.24) is 5.32 Å². The van der Waals surface area contributed by atoms with Gasteiger partial charge in [-0.25, -0.2) is 4.79 Å². The number of alkyl halides is 3. The highest BCUT2D eigenvalue weighted by Crippen LogP contribution is 2.32. The zero-order valence-corrected chi connectivity index (χ0v) is 18.0. The lowest BCUT2D eigenvalue weighted by Crippen LogP contribution is -2.34. The van der Waals surface area contributed by atoms with E-state index >= 15 is 0 Å². The molecular formula is C22H21F3N4O6. The van der Waals surface area contributed by atoms with Gasteiger partial charge in [-0.2, -0.15) is 13.2 Å². The predicted octanol–water partition coefficient (Wildman–Crippen LogP) is 2.49. The number of hydrogen-bond donors (Lipinski definition) is 5. The molecular weight excluding hydrogens is 473 g/mol. The molecule has 35 heavy (non-hydrogen) atoms. The van der Waals surface area contributed by atoms with Crippen molar-refractivity contribution in [2.24, 2.45) is 5.73 Å². The molecule has 0 aliphatic carbocycles. The van der Waals surface area contributed by atoms with E-state index in [2.05, 4.69) is 10.6 Å². The quantitative estimate of drug-likeness (QED) is 0.178. The van der Waals surface area contributed by atoms with Crippen molar-refractivity contribution in [3.05, 3.63) is 59.7 Å². The molecule has 10 nitrogen and oxygen atoms in total. The number of benzene rings is 2. The Labute approximate surface area is 196 Å². The van der Waals surface area contributed by atoms with Crippen LogP contribution in [0, 0.1) is 5.41 Å². The van der Waals surface area contributed by atoms with Gasteiger partial charge in [0.15, 0.2) is 0 Å². The van der Waals surface area contributed by atoms with E-state index in [-0.39, 0.29) is 36.9 Å². The summed E-state index contributed by atoms with van der Waals surface area (Å²) in [7, 11) is 0. The summed E-state index contributed by atoms with van der Waals surface area (Å²) in [5, 5.41) is 19.9. The van der Waals surface area contributed by atoms with Gasteiger partial charge in [-0.1, -0.05) is 18.2 Å². The molecule has 0 aromatic heterocycles. The molecule has 186 valence electrons. The number of nitrogen functional groups attached to an aromatic ring is 1. The van der Waals surface area contributed by atoms with Crippen molar-refractivity contribution in [2.75, 3.05) is 5.32 Å². The molecule has 6 N–H and O–H groups in total. The standard InChI is InChI=1S/C20H20N4O4.C2HF3O2/c21-20(22)12-5-7-13(8-6-12)23-17(25)9-10-18(26)24-15-11-19(27)28-16-4-2-1-3-14(15)16;3-2(4,5)1(6)7/h1-8,15H,9-11H2,(H3,21,22)(H,23,25)(H,24,26);(H,6,7). The van der Waals surface area contributed by atoms with Crippen LogP contribution in [-0.4, -0.2) is 40.9 Å². The molecule has 1 aliphatic rings. The smallest absolute Gasteiger partial charge is 0.475 e. The van der Waals surface area contributed by atoms with Gasteiger partial charge in [-0.05, 0) is 30.3 Å². The van der Waals surface area contributed by atoms with Gasteiger partial charge >= 0.3 is 18.1 Å². The Bertz CT molecular complexity index is 1120. The van der Waals surface area contributed by atoms with Gasteiger partial charge in [0.05, 0.1) is 12.5 Å². The Balaban J connectivity index is 0.000000540. The van der Waals surface area contributed by atoms with Gasteiger partial charge in [0.2, 0.25) is 11.8 Å². The van der Waals surface area contributed by atoms with Crippen LogP contribution >= 0.6 is 0 Å². The van der Waals surface area contributed by atoms with Crippen LogP contribution in [-0.2, 0) is 19.2 Å². The number of carbonyl (C=O) groups is 4. The van der Waals surface area contributed by atoms with Crippen molar-refractivity contribution >= 4 is 35.3 Å². The number of nitrogens with two attached hydrogens (primary N) is 1. The number of carboxylic acid groups (broad SMARTS) is 1. The first kappa shape index (κ1) is 26.8. The van der Waals surface area contributed by atoms with Crippen LogP contribution in [0.2, 0.25) is 0 Å². The molecule has 13 heteroatoms. The molecule has 2 aromatic rings. The number of rotatable bonds is 6. The minimum Gasteiger partial charge on any atom is -0.475 e. The molecule has 1 aliphatic heterocycles. The third kappa shape index (κ3) is 8.46. The minimum atomic E-state index is -5.08. The van der Waals surface area contributed by atoms with Gasteiger partial charge in [-0.15, -0.1) is 0 Å². The van der Waals surface area contributed by atoms with E-state index in [9.17, 15) is 27.6 Å². The van der Waals surface area contributed by atoms with Gasteiger partial charge < -0.3 is 26.2 Å². The van der Waals surface area contributed by atoms with E-state index in [4.69, 9.17) is 25.8 Å². The zero-order chi connectivity index (χ0) is 26.2. The first-order valence-electron chi connectivity index (χ1n) is 10.00. The number of hydrogen-bond acceptors (Lipinski definition) is 6. The zero-order valence-electron chi connectivity index (χ0n) is 18.0. The number of halogens is 3. The van der Waals surface area contributed by atoms with E-state index in [0.29, 0.717) is 17.0 Å². The number of para-hydroxylation sites is 1. The maximum Gasteiger partial charge on any atom is 0.490 e. The molecule has 0 radical (unpaired) electrons. The van der Waals surface area contributed by atoms with Crippen molar-refractivity contribution in [2.45, 2.75) is 31.5 Å². The fourth-order valence-electron chi connectivity index (χ4n) is 2.88. The van der Waals surface area contributed by atoms with E-state index in [1.165, 1.54) is 0 Å². The van der Waals surface area contributed by atoms with Crippen molar-refractivity contribution < 1.29 is 42.2 Å². The Morgan fingerprint density at radius 1 is 1.06 bits per heavy atom. The van der Waals surface area contributed by atoms with Crippen LogP contribution in [0.25, 0.3) is 0 Å². The largest absolute Gasteiger partial charge is 0.490 e. The molecule has 0 fully saturated rings. The van der Waals surface area contributed by atoms with E-state index < -0.39 is 24.2 Å². The summed E-state index contributed by atoms with van der Waals surface area (Å²) < 4.78 is 36.9. The molecule has 0 spiro atoms. The predicted molar refractivity (Wildman–Crippen MR) is 117 cm³/mol. The highest BCUT2D eigenvalue weighted by Gasteiger charge is 2.38. The fraction of sp³-hybridized carbons (Fsp3) is 0.227. The molecule has 0 saturated heterocycles. The molecule has 2 aromatic carbocycles. The number of fused-ring (bicyclic) bond motifs is 1. The van der Waals surface area contributed by atoms with E-state index in [1.54, 1.807) is 42.5 Å². The Morgan fingerprint density at radius 2 is 1.63 bits per heavy atom. The number of carbonyl (C=O) groups excluding carboxylic acids is 3. The van der Waals surface area contributed by atoms with Gasteiger partial charge in [-0.3, -0.25) is 19.8 Å². The number of amides is 2. The van der Waals surface area contributed by atoms with Gasteiger partial charge in [0.25, 0.3) is 0 Å². The fourth-order valence-corrected chi connectivity index (χ4v) is 2.88. The molecule has 1 atom stereocenters. The average molecular weight is 494 g/mol. The molecule has 2 amide bonds. The number of esters is 1. The number of ether oxygens (including phenoxy) is 1. The number of amidine groups is 1. The topological polar surface area (TPSA) is 172 Å². The molecule has 0 saturated carbocycles. The lowest BCUT2D eigenvalue weighted by Gasteiger charge is -2.25. The number of anilines is 1. The summed E-state index contributed by atoms with van der Waals surface area (Å²) in [6, 6.07) is 13.1. The van der Waals surface area contributed by atoms with Crippen molar-refractivity contribution in [3.63, 3.8) is 0 Å². The lowest BCUT2D eigenvalue weighted by atomic mass is 10.00. The Hall–Kier alpha value is -4.42. The summed E-state index contributed by atoms with van der Waals surface area (Å²) in [5.74, 6) is -3.41. The Morgan fingerprint density at radius 3 is 2.20 bits per heavy atom. The maximum atomic E-state index is 12.2. The van der Waals surface area contributed by atoms with Crippen LogP contribution in [0.15, 0.2) is 48.5 Å². The monoisotopic (exact) mass is 494 g/mol. The lowest BCUT2D eigenvalue weighted by molar-refractivity contribution is -0.192. The summed E-state index contributed by atoms with van der Waals surface area (Å²) in [6.07, 6.45) is -5.04.